The molecule has 0 aliphatic carbocycles. The van der Waals surface area contributed by atoms with Crippen molar-refractivity contribution in [2.24, 2.45) is 0 Å². The van der Waals surface area contributed by atoms with Crippen molar-refractivity contribution < 1.29 is 9.47 Å². The van der Waals surface area contributed by atoms with Crippen LogP contribution in [-0.4, -0.2) is 38.9 Å². The van der Waals surface area contributed by atoms with Gasteiger partial charge in [-0.1, -0.05) is 0 Å². The molecule has 0 heterocycles. The van der Waals surface area contributed by atoms with Crippen molar-refractivity contribution in [3.8, 4) is 12.1 Å². The number of hydrogen-bond acceptors (Lipinski definition) is 6. The quantitative estimate of drug-likeness (QED) is 0.490. The lowest BCUT2D eigenvalue weighted by Gasteiger charge is -2.02. The van der Waals surface area contributed by atoms with Gasteiger partial charge < -0.3 is 9.47 Å². The second kappa shape index (κ2) is 10.8. The Kier molecular flexibility index (Phi) is 10.4. The predicted molar refractivity (Wildman–Crippen MR) is 66.9 cm³/mol. The first-order valence-corrected chi connectivity index (χ1v) is 6.55. The van der Waals surface area contributed by atoms with E-state index in [2.05, 4.69) is 0 Å². The van der Waals surface area contributed by atoms with Gasteiger partial charge in [0.1, 0.15) is 21.9 Å². The molecule has 0 saturated carbocycles. The van der Waals surface area contributed by atoms with Crippen LogP contribution in [0.4, 0.5) is 0 Å². The van der Waals surface area contributed by atoms with Crippen LogP contribution in [0.2, 0.25) is 0 Å². The summed E-state index contributed by atoms with van der Waals surface area (Å²) in [5, 5.41) is 17.8. The van der Waals surface area contributed by atoms with E-state index in [0.29, 0.717) is 34.5 Å². The Morgan fingerprint density at radius 1 is 0.938 bits per heavy atom. The third-order valence-corrected chi connectivity index (χ3v) is 3.52. The van der Waals surface area contributed by atoms with Crippen LogP contribution < -0.4 is 0 Å². The van der Waals surface area contributed by atoms with Crippen LogP contribution in [0.1, 0.15) is 0 Å². The average molecular weight is 258 g/mol. The molecule has 0 aromatic rings. The molecular formula is C10H14N2O2S2. The number of nitriles is 2. The van der Waals surface area contributed by atoms with Crippen molar-refractivity contribution in [2.45, 2.75) is 0 Å². The Labute approximate surface area is 105 Å². The number of allylic oxidation sites excluding steroid dienone is 2. The van der Waals surface area contributed by atoms with Crippen molar-refractivity contribution in [3.05, 3.63) is 9.81 Å². The lowest BCUT2D eigenvalue weighted by atomic mass is 10.5. The van der Waals surface area contributed by atoms with E-state index in [-0.39, 0.29) is 0 Å². The van der Waals surface area contributed by atoms with Crippen LogP contribution in [0.3, 0.4) is 0 Å². The molecule has 0 spiro atoms. The third kappa shape index (κ3) is 6.76. The summed E-state index contributed by atoms with van der Waals surface area (Å²) in [6, 6.07) is 4.08. The van der Waals surface area contributed by atoms with Crippen LogP contribution in [0.25, 0.3) is 0 Å². The number of hydrogen-bond donors (Lipinski definition) is 0. The maximum atomic E-state index is 8.92. The molecule has 0 aliphatic heterocycles. The van der Waals surface area contributed by atoms with E-state index in [4.69, 9.17) is 20.0 Å². The van der Waals surface area contributed by atoms with E-state index < -0.39 is 0 Å². The van der Waals surface area contributed by atoms with Crippen LogP contribution >= 0.6 is 23.5 Å². The lowest BCUT2D eigenvalue weighted by molar-refractivity contribution is 0.218. The van der Waals surface area contributed by atoms with Gasteiger partial charge in [0.2, 0.25) is 0 Å². The van der Waals surface area contributed by atoms with Gasteiger partial charge in [-0.25, -0.2) is 0 Å². The molecule has 0 bridgehead atoms. The Morgan fingerprint density at radius 3 is 1.56 bits per heavy atom. The molecule has 0 aliphatic rings. The van der Waals surface area contributed by atoms with Gasteiger partial charge >= 0.3 is 0 Å². The van der Waals surface area contributed by atoms with Gasteiger partial charge in [-0.3, -0.25) is 0 Å². The highest BCUT2D eigenvalue weighted by molar-refractivity contribution is 8.07. The summed E-state index contributed by atoms with van der Waals surface area (Å²) in [7, 11) is 3.21. The van der Waals surface area contributed by atoms with Gasteiger partial charge in [0.15, 0.2) is 0 Å². The normalized spacial score (nSPS) is 11.5. The summed E-state index contributed by atoms with van der Waals surface area (Å²) in [6.07, 6.45) is 0. The molecule has 0 atom stereocenters. The summed E-state index contributed by atoms with van der Waals surface area (Å²) in [6.45, 7) is 1.13. The molecule has 0 aromatic heterocycles. The monoisotopic (exact) mass is 258 g/mol. The Bertz CT molecular complexity index is 275. The van der Waals surface area contributed by atoms with Crippen LogP contribution in [-0.2, 0) is 9.47 Å². The molecule has 0 aromatic carbocycles. The number of rotatable bonds is 8. The molecular weight excluding hydrogens is 244 g/mol. The van der Waals surface area contributed by atoms with Crippen LogP contribution in [0, 0.1) is 22.7 Å². The first kappa shape index (κ1) is 15.3. The number of nitrogens with zero attached hydrogens (tertiary/aromatic N) is 2. The number of methoxy groups -OCH3 is 2. The average Bonchev–Trinajstić information content (AvgIpc) is 2.31. The zero-order chi connectivity index (χ0) is 12.2. The largest absolute Gasteiger partial charge is 0.384 e. The first-order valence-electron chi connectivity index (χ1n) is 4.58. The molecule has 0 rings (SSSR count). The first-order chi connectivity index (χ1) is 7.79. The van der Waals surface area contributed by atoms with Crippen molar-refractivity contribution in [2.75, 3.05) is 38.9 Å². The highest BCUT2D eigenvalue weighted by Crippen LogP contribution is 2.26. The smallest absolute Gasteiger partial charge is 0.109 e. The fourth-order valence-electron chi connectivity index (χ4n) is 0.751. The Balaban J connectivity index is 4.30. The van der Waals surface area contributed by atoms with Crippen molar-refractivity contribution in [1.29, 1.82) is 10.5 Å². The highest BCUT2D eigenvalue weighted by Gasteiger charge is 2.07. The van der Waals surface area contributed by atoms with Gasteiger partial charge in [-0.15, -0.1) is 23.5 Å². The third-order valence-electron chi connectivity index (χ3n) is 1.48. The maximum absolute atomic E-state index is 8.92. The van der Waals surface area contributed by atoms with Gasteiger partial charge in [0.05, 0.1) is 13.2 Å². The van der Waals surface area contributed by atoms with Crippen molar-refractivity contribution in [1.82, 2.24) is 0 Å². The molecule has 4 nitrogen and oxygen atoms in total. The standard InChI is InChI=1S/C10H14N2O2S2/c1-13-3-5-15-9(7-11)10(8-12)16-6-4-14-2/h3-6H2,1-2H3/b10-9-. The second-order valence-corrected chi connectivity index (χ2v) is 4.77. The summed E-state index contributed by atoms with van der Waals surface area (Å²) >= 11 is 2.69. The fraction of sp³-hybridized carbons (Fsp3) is 0.600. The fourth-order valence-corrected chi connectivity index (χ4v) is 2.50. The molecule has 0 unspecified atom stereocenters. The molecule has 0 saturated heterocycles. The molecule has 0 amide bonds. The molecule has 88 valence electrons. The molecule has 0 fully saturated rings. The molecule has 6 heteroatoms. The van der Waals surface area contributed by atoms with Crippen LogP contribution in [0.15, 0.2) is 9.81 Å². The topological polar surface area (TPSA) is 66.0 Å². The minimum Gasteiger partial charge on any atom is -0.384 e. The van der Waals surface area contributed by atoms with E-state index in [0.717, 1.165) is 0 Å². The maximum Gasteiger partial charge on any atom is 0.109 e. The number of ether oxygens (including phenoxy) is 2. The van der Waals surface area contributed by atoms with E-state index in [1.54, 1.807) is 14.2 Å². The second-order valence-electron chi connectivity index (χ2n) is 2.56. The molecule has 16 heavy (non-hydrogen) atoms. The van der Waals surface area contributed by atoms with Crippen molar-refractivity contribution >= 4 is 23.5 Å². The summed E-state index contributed by atoms with van der Waals surface area (Å²) in [5.41, 5.74) is 0. The summed E-state index contributed by atoms with van der Waals surface area (Å²) < 4.78 is 9.77. The van der Waals surface area contributed by atoms with E-state index >= 15 is 0 Å². The van der Waals surface area contributed by atoms with Gasteiger partial charge in [0, 0.05) is 25.7 Å². The number of thioether (sulfide) groups is 2. The lowest BCUT2D eigenvalue weighted by Crippen LogP contribution is -1.95. The Hall–Kier alpha value is -0.660. The zero-order valence-electron chi connectivity index (χ0n) is 9.36. The predicted octanol–water partition coefficient (Wildman–Crippen LogP) is 2.00. The summed E-state index contributed by atoms with van der Waals surface area (Å²) in [5.74, 6) is 1.35. The van der Waals surface area contributed by atoms with E-state index in [1.165, 1.54) is 23.5 Å². The minimum atomic E-state index is 0.459. The highest BCUT2D eigenvalue weighted by atomic mass is 32.2. The van der Waals surface area contributed by atoms with E-state index in [1.807, 2.05) is 12.1 Å². The SMILES string of the molecule is COCCS/C(C#N)=C(/C#N)SCCOC. The summed E-state index contributed by atoms with van der Waals surface area (Å²) in [4.78, 5) is 0.918. The van der Waals surface area contributed by atoms with Gasteiger partial charge in [-0.05, 0) is 0 Å². The minimum absolute atomic E-state index is 0.459. The van der Waals surface area contributed by atoms with Gasteiger partial charge in [-0.2, -0.15) is 10.5 Å². The van der Waals surface area contributed by atoms with Crippen molar-refractivity contribution in [3.63, 3.8) is 0 Å². The van der Waals surface area contributed by atoms with Crippen LogP contribution in [0.5, 0.6) is 0 Å². The molecule has 0 N–H and O–H groups in total. The van der Waals surface area contributed by atoms with E-state index in [9.17, 15) is 0 Å². The zero-order valence-corrected chi connectivity index (χ0v) is 11.0. The van der Waals surface area contributed by atoms with Gasteiger partial charge in [0.25, 0.3) is 0 Å². The Morgan fingerprint density at radius 2 is 1.31 bits per heavy atom. The molecule has 0 radical (unpaired) electrons.